The summed E-state index contributed by atoms with van der Waals surface area (Å²) >= 11 is 3.46. The van der Waals surface area contributed by atoms with Crippen LogP contribution in [0.5, 0.6) is 0 Å². The van der Waals surface area contributed by atoms with Crippen LogP contribution in [-0.4, -0.2) is 13.1 Å². The molecular weight excluding hydrogens is 264 g/mol. The summed E-state index contributed by atoms with van der Waals surface area (Å²) in [7, 11) is 0. The molecule has 1 aromatic carbocycles. The van der Waals surface area contributed by atoms with Crippen molar-refractivity contribution in [2.45, 2.75) is 19.9 Å². The predicted molar refractivity (Wildman–Crippen MR) is 73.5 cm³/mol. The highest BCUT2D eigenvalue weighted by Crippen LogP contribution is 2.28. The van der Waals surface area contributed by atoms with Crippen LogP contribution in [0.2, 0.25) is 0 Å². The van der Waals surface area contributed by atoms with Crippen LogP contribution >= 0.6 is 15.9 Å². The largest absolute Gasteiger partial charge is 0.360 e. The maximum absolute atomic E-state index is 5.97. The van der Waals surface area contributed by atoms with Gasteiger partial charge in [0.15, 0.2) is 0 Å². The second-order valence-corrected chi connectivity index (χ2v) is 4.63. The first-order valence-electron chi connectivity index (χ1n) is 5.33. The standard InChI is InChI=1S/C13H17BrN2/c1-4-8-16(5-2)13-7-6-11(14)9-12(13)10(3)15/h1,6-7,9-10H,5,8,15H2,2-3H3. The van der Waals surface area contributed by atoms with Crippen molar-refractivity contribution in [3.63, 3.8) is 0 Å². The smallest absolute Gasteiger partial charge is 0.0791 e. The normalized spacial score (nSPS) is 11.9. The number of rotatable bonds is 4. The summed E-state index contributed by atoms with van der Waals surface area (Å²) in [6, 6.07) is 6.13. The van der Waals surface area contributed by atoms with Crippen LogP contribution in [0, 0.1) is 12.3 Å². The van der Waals surface area contributed by atoms with E-state index >= 15 is 0 Å². The van der Waals surface area contributed by atoms with E-state index in [-0.39, 0.29) is 6.04 Å². The summed E-state index contributed by atoms with van der Waals surface area (Å²) in [6.45, 7) is 5.56. The van der Waals surface area contributed by atoms with E-state index in [1.807, 2.05) is 13.0 Å². The number of hydrogen-bond donors (Lipinski definition) is 1. The Morgan fingerprint density at radius 2 is 2.25 bits per heavy atom. The average Bonchev–Trinajstić information content (AvgIpc) is 2.26. The molecular formula is C13H17BrN2. The molecule has 2 N–H and O–H groups in total. The lowest BCUT2D eigenvalue weighted by Gasteiger charge is -2.25. The fourth-order valence-corrected chi connectivity index (χ4v) is 2.03. The van der Waals surface area contributed by atoms with Crippen molar-refractivity contribution in [1.82, 2.24) is 0 Å². The SMILES string of the molecule is C#CCN(CC)c1ccc(Br)cc1C(C)N. The number of nitrogens with zero attached hydrogens (tertiary/aromatic N) is 1. The summed E-state index contributed by atoms with van der Waals surface area (Å²) in [5.41, 5.74) is 8.21. The summed E-state index contributed by atoms with van der Waals surface area (Å²) in [5, 5.41) is 0. The number of nitrogens with two attached hydrogens (primary N) is 1. The van der Waals surface area contributed by atoms with Crippen molar-refractivity contribution in [2.75, 3.05) is 18.0 Å². The van der Waals surface area contributed by atoms with E-state index in [2.05, 4.69) is 45.8 Å². The molecule has 2 nitrogen and oxygen atoms in total. The van der Waals surface area contributed by atoms with Crippen molar-refractivity contribution >= 4 is 21.6 Å². The average molecular weight is 281 g/mol. The first-order valence-corrected chi connectivity index (χ1v) is 6.12. The minimum atomic E-state index is -0.000625. The van der Waals surface area contributed by atoms with E-state index in [0.29, 0.717) is 6.54 Å². The third-order valence-corrected chi connectivity index (χ3v) is 2.98. The van der Waals surface area contributed by atoms with Gasteiger partial charge >= 0.3 is 0 Å². The van der Waals surface area contributed by atoms with Crippen molar-refractivity contribution < 1.29 is 0 Å². The summed E-state index contributed by atoms with van der Waals surface area (Å²) in [4.78, 5) is 2.14. The van der Waals surface area contributed by atoms with Crippen molar-refractivity contribution in [1.29, 1.82) is 0 Å². The molecule has 0 amide bonds. The van der Waals surface area contributed by atoms with Gasteiger partial charge in [-0.25, -0.2) is 0 Å². The molecule has 0 fully saturated rings. The van der Waals surface area contributed by atoms with Gasteiger partial charge in [0.25, 0.3) is 0 Å². The van der Waals surface area contributed by atoms with Crippen molar-refractivity contribution in [2.24, 2.45) is 5.73 Å². The molecule has 16 heavy (non-hydrogen) atoms. The van der Waals surface area contributed by atoms with E-state index in [0.717, 1.165) is 22.3 Å². The maximum Gasteiger partial charge on any atom is 0.0791 e. The molecule has 3 heteroatoms. The molecule has 0 bridgehead atoms. The maximum atomic E-state index is 5.97. The molecule has 1 unspecified atom stereocenters. The van der Waals surface area contributed by atoms with E-state index in [1.165, 1.54) is 0 Å². The molecule has 1 rings (SSSR count). The van der Waals surface area contributed by atoms with Gasteiger partial charge < -0.3 is 10.6 Å². The Hall–Kier alpha value is -0.980. The van der Waals surface area contributed by atoms with E-state index < -0.39 is 0 Å². The molecule has 0 saturated carbocycles. The highest BCUT2D eigenvalue weighted by atomic mass is 79.9. The second kappa shape index (κ2) is 5.93. The zero-order chi connectivity index (χ0) is 12.1. The quantitative estimate of drug-likeness (QED) is 0.860. The Bertz CT molecular complexity index is 393. The van der Waals surface area contributed by atoms with Crippen LogP contribution in [0.1, 0.15) is 25.5 Å². The summed E-state index contributed by atoms with van der Waals surface area (Å²) in [5.74, 6) is 2.67. The zero-order valence-electron chi connectivity index (χ0n) is 9.70. The summed E-state index contributed by atoms with van der Waals surface area (Å²) in [6.07, 6.45) is 5.37. The minimum Gasteiger partial charge on any atom is -0.360 e. The number of halogens is 1. The van der Waals surface area contributed by atoms with Gasteiger partial charge in [-0.15, -0.1) is 6.42 Å². The van der Waals surface area contributed by atoms with E-state index in [4.69, 9.17) is 12.2 Å². The van der Waals surface area contributed by atoms with Gasteiger partial charge in [-0.3, -0.25) is 0 Å². The van der Waals surface area contributed by atoms with Crippen LogP contribution in [0.3, 0.4) is 0 Å². The molecule has 0 aliphatic heterocycles. The van der Waals surface area contributed by atoms with Crippen LogP contribution in [0.4, 0.5) is 5.69 Å². The van der Waals surface area contributed by atoms with Crippen LogP contribution in [0.15, 0.2) is 22.7 Å². The Morgan fingerprint density at radius 1 is 1.56 bits per heavy atom. The van der Waals surface area contributed by atoms with Crippen LogP contribution in [0.25, 0.3) is 0 Å². The summed E-state index contributed by atoms with van der Waals surface area (Å²) < 4.78 is 1.04. The highest BCUT2D eigenvalue weighted by molar-refractivity contribution is 9.10. The van der Waals surface area contributed by atoms with Gasteiger partial charge in [-0.1, -0.05) is 21.9 Å². The van der Waals surface area contributed by atoms with Crippen molar-refractivity contribution in [3.8, 4) is 12.3 Å². The Labute approximate surface area is 106 Å². The molecule has 0 aliphatic rings. The fourth-order valence-electron chi connectivity index (χ4n) is 1.66. The van der Waals surface area contributed by atoms with Gasteiger partial charge in [0.2, 0.25) is 0 Å². The fraction of sp³-hybridized carbons (Fsp3) is 0.385. The molecule has 86 valence electrons. The topological polar surface area (TPSA) is 29.3 Å². The Balaban J connectivity index is 3.16. The molecule has 0 heterocycles. The number of hydrogen-bond acceptors (Lipinski definition) is 2. The monoisotopic (exact) mass is 280 g/mol. The zero-order valence-corrected chi connectivity index (χ0v) is 11.3. The van der Waals surface area contributed by atoms with Gasteiger partial charge in [0.05, 0.1) is 6.54 Å². The van der Waals surface area contributed by atoms with Gasteiger partial charge in [0.1, 0.15) is 0 Å². The van der Waals surface area contributed by atoms with E-state index in [1.54, 1.807) is 0 Å². The first-order chi connectivity index (χ1) is 7.60. The van der Waals surface area contributed by atoms with E-state index in [9.17, 15) is 0 Å². The number of anilines is 1. The van der Waals surface area contributed by atoms with Crippen LogP contribution in [-0.2, 0) is 0 Å². The Morgan fingerprint density at radius 3 is 2.75 bits per heavy atom. The molecule has 0 saturated heterocycles. The van der Waals surface area contributed by atoms with Gasteiger partial charge in [-0.2, -0.15) is 0 Å². The van der Waals surface area contributed by atoms with Gasteiger partial charge in [0, 0.05) is 22.7 Å². The Kier molecular flexibility index (Phi) is 4.85. The molecule has 0 spiro atoms. The third-order valence-electron chi connectivity index (χ3n) is 2.48. The number of terminal acetylenes is 1. The number of benzene rings is 1. The molecule has 1 atom stereocenters. The third kappa shape index (κ3) is 3.01. The lowest BCUT2D eigenvalue weighted by atomic mass is 10.1. The molecule has 0 radical (unpaired) electrons. The van der Waals surface area contributed by atoms with Crippen molar-refractivity contribution in [3.05, 3.63) is 28.2 Å². The second-order valence-electron chi connectivity index (χ2n) is 3.71. The minimum absolute atomic E-state index is 0.000625. The first kappa shape index (κ1) is 13.1. The van der Waals surface area contributed by atoms with Gasteiger partial charge in [-0.05, 0) is 37.6 Å². The lowest BCUT2D eigenvalue weighted by molar-refractivity contribution is 0.799. The molecule has 0 aromatic heterocycles. The predicted octanol–water partition coefficient (Wildman–Crippen LogP) is 2.93. The molecule has 1 aromatic rings. The van der Waals surface area contributed by atoms with Crippen LogP contribution < -0.4 is 10.6 Å². The lowest BCUT2D eigenvalue weighted by Crippen LogP contribution is -2.25. The highest BCUT2D eigenvalue weighted by Gasteiger charge is 2.12. The molecule has 0 aliphatic carbocycles.